The zero-order valence-electron chi connectivity index (χ0n) is 19.1. The van der Waals surface area contributed by atoms with Gasteiger partial charge in [0, 0.05) is 24.4 Å². The summed E-state index contributed by atoms with van der Waals surface area (Å²) in [6.07, 6.45) is 9.37. The van der Waals surface area contributed by atoms with Gasteiger partial charge in [-0.1, -0.05) is 18.9 Å². The standard InChI is InChI=1S/C27H29FN2O4/c28-24-10-8-18(12-23(24)25(31)7-3-5-20-14-29-16-30-20)22-6-2-1-4-19(22)15-32-21-9-11-26-27(13-21)34-17-33-26/h8-14,16,19,22H,1-7,15,17H2,(H,29,30)/t19-,22-/m0/s1. The van der Waals surface area contributed by atoms with Gasteiger partial charge in [-0.2, -0.15) is 0 Å². The number of carbonyl (C=O) groups excluding carboxylic acids is 1. The Labute approximate surface area is 198 Å². The number of nitrogens with zero attached hydrogens (tertiary/aromatic N) is 1. The van der Waals surface area contributed by atoms with Crippen LogP contribution in [0, 0.1) is 11.7 Å². The maximum Gasteiger partial charge on any atom is 0.231 e. The van der Waals surface area contributed by atoms with E-state index in [1.165, 1.54) is 6.07 Å². The normalized spacial score (nSPS) is 19.2. The molecule has 3 aromatic rings. The van der Waals surface area contributed by atoms with Gasteiger partial charge in [0.05, 0.1) is 18.5 Å². The third-order valence-electron chi connectivity index (χ3n) is 6.84. The lowest BCUT2D eigenvalue weighted by Gasteiger charge is -2.32. The number of carbonyl (C=O) groups is 1. The Hall–Kier alpha value is -3.35. The number of H-pyrrole nitrogens is 1. The second-order valence-electron chi connectivity index (χ2n) is 9.07. The number of aryl methyl sites for hydroxylation is 1. The number of Topliss-reactive ketones (excluding diaryl/α,β-unsaturated/α-hetero) is 1. The van der Waals surface area contributed by atoms with Crippen molar-refractivity contribution in [3.63, 3.8) is 0 Å². The van der Waals surface area contributed by atoms with Gasteiger partial charge >= 0.3 is 0 Å². The molecular weight excluding hydrogens is 435 g/mol. The quantitative estimate of drug-likeness (QED) is 0.403. The van der Waals surface area contributed by atoms with Gasteiger partial charge in [-0.25, -0.2) is 9.37 Å². The molecule has 1 aliphatic heterocycles. The average molecular weight is 465 g/mol. The monoisotopic (exact) mass is 464 g/mol. The number of nitrogens with one attached hydrogen (secondary N) is 1. The fraction of sp³-hybridized carbons (Fsp3) is 0.407. The molecule has 5 rings (SSSR count). The summed E-state index contributed by atoms with van der Waals surface area (Å²) in [7, 11) is 0. The summed E-state index contributed by atoms with van der Waals surface area (Å²) >= 11 is 0. The number of aromatic amines is 1. The minimum Gasteiger partial charge on any atom is -0.493 e. The molecule has 1 aliphatic carbocycles. The first-order chi connectivity index (χ1) is 16.7. The van der Waals surface area contributed by atoms with E-state index in [1.54, 1.807) is 18.6 Å². The van der Waals surface area contributed by atoms with Crippen molar-refractivity contribution in [3.05, 3.63) is 71.6 Å². The Morgan fingerprint density at radius 1 is 1.12 bits per heavy atom. The zero-order valence-corrected chi connectivity index (χ0v) is 19.1. The molecule has 178 valence electrons. The summed E-state index contributed by atoms with van der Waals surface area (Å²) in [6.45, 7) is 0.799. The fourth-order valence-corrected chi connectivity index (χ4v) is 5.00. The lowest BCUT2D eigenvalue weighted by atomic mass is 9.75. The highest BCUT2D eigenvalue weighted by Gasteiger charge is 2.28. The Balaban J connectivity index is 1.25. The van der Waals surface area contributed by atoms with Gasteiger partial charge in [0.1, 0.15) is 11.6 Å². The number of halogens is 1. The van der Waals surface area contributed by atoms with Gasteiger partial charge in [0.15, 0.2) is 17.3 Å². The van der Waals surface area contributed by atoms with Crippen LogP contribution in [-0.2, 0) is 6.42 Å². The Kier molecular flexibility index (Phi) is 6.79. The number of hydrogen-bond donors (Lipinski definition) is 1. The molecule has 0 saturated heterocycles. The summed E-state index contributed by atoms with van der Waals surface area (Å²) in [5.74, 6) is 2.12. The van der Waals surface area contributed by atoms with Crippen LogP contribution in [0.2, 0.25) is 0 Å². The lowest BCUT2D eigenvalue weighted by molar-refractivity contribution is 0.0976. The second kappa shape index (κ2) is 10.3. The molecule has 2 aliphatic rings. The molecule has 7 heteroatoms. The van der Waals surface area contributed by atoms with Crippen LogP contribution in [-0.4, -0.2) is 29.2 Å². The number of fused-ring (bicyclic) bond motifs is 1. The smallest absolute Gasteiger partial charge is 0.231 e. The summed E-state index contributed by atoms with van der Waals surface area (Å²) < 4.78 is 31.5. The Morgan fingerprint density at radius 2 is 2.00 bits per heavy atom. The molecule has 2 aromatic carbocycles. The molecule has 1 saturated carbocycles. The number of hydrogen-bond acceptors (Lipinski definition) is 5. The average Bonchev–Trinajstić information content (AvgIpc) is 3.55. The minimum atomic E-state index is -0.445. The van der Waals surface area contributed by atoms with Crippen molar-refractivity contribution in [1.29, 1.82) is 0 Å². The predicted octanol–water partition coefficient (Wildman–Crippen LogP) is 5.84. The highest BCUT2D eigenvalue weighted by atomic mass is 19.1. The third-order valence-corrected chi connectivity index (χ3v) is 6.84. The van der Waals surface area contributed by atoms with Crippen molar-refractivity contribution >= 4 is 5.78 Å². The van der Waals surface area contributed by atoms with E-state index in [9.17, 15) is 9.18 Å². The Bertz CT molecular complexity index is 1130. The minimum absolute atomic E-state index is 0.150. The van der Waals surface area contributed by atoms with Gasteiger partial charge < -0.3 is 19.2 Å². The molecule has 1 aromatic heterocycles. The fourth-order valence-electron chi connectivity index (χ4n) is 5.00. The van der Waals surface area contributed by atoms with Gasteiger partial charge in [0.2, 0.25) is 6.79 Å². The van der Waals surface area contributed by atoms with Gasteiger partial charge in [0.25, 0.3) is 0 Å². The van der Waals surface area contributed by atoms with Gasteiger partial charge in [-0.05, 0) is 67.3 Å². The van der Waals surface area contributed by atoms with Crippen LogP contribution < -0.4 is 14.2 Å². The number of imidazole rings is 1. The van der Waals surface area contributed by atoms with E-state index in [1.807, 2.05) is 24.3 Å². The van der Waals surface area contributed by atoms with Crippen molar-refractivity contribution in [3.8, 4) is 17.2 Å². The van der Waals surface area contributed by atoms with Crippen molar-refractivity contribution in [2.24, 2.45) is 5.92 Å². The molecule has 0 amide bonds. The maximum absolute atomic E-state index is 14.6. The maximum atomic E-state index is 14.6. The van der Waals surface area contributed by atoms with Gasteiger partial charge in [-0.3, -0.25) is 4.79 Å². The van der Waals surface area contributed by atoms with E-state index < -0.39 is 5.82 Å². The molecule has 1 N–H and O–H groups in total. The van der Waals surface area contributed by atoms with E-state index in [4.69, 9.17) is 14.2 Å². The van der Waals surface area contributed by atoms with E-state index in [2.05, 4.69) is 9.97 Å². The van der Waals surface area contributed by atoms with Crippen LogP contribution in [0.15, 0.2) is 48.9 Å². The van der Waals surface area contributed by atoms with E-state index in [0.29, 0.717) is 31.1 Å². The molecule has 2 atom stereocenters. The van der Waals surface area contributed by atoms with Crippen LogP contribution in [0.25, 0.3) is 0 Å². The summed E-state index contributed by atoms with van der Waals surface area (Å²) in [6, 6.07) is 10.7. The lowest BCUT2D eigenvalue weighted by Crippen LogP contribution is -2.24. The molecule has 0 spiro atoms. The van der Waals surface area contributed by atoms with Crippen LogP contribution in [0.3, 0.4) is 0 Å². The highest BCUT2D eigenvalue weighted by molar-refractivity contribution is 5.96. The van der Waals surface area contributed by atoms with Crippen molar-refractivity contribution in [2.75, 3.05) is 13.4 Å². The van der Waals surface area contributed by atoms with E-state index >= 15 is 0 Å². The molecule has 34 heavy (non-hydrogen) atoms. The first-order valence-electron chi connectivity index (χ1n) is 12.0. The van der Waals surface area contributed by atoms with Crippen molar-refractivity contribution in [1.82, 2.24) is 9.97 Å². The van der Waals surface area contributed by atoms with Gasteiger partial charge in [-0.15, -0.1) is 0 Å². The largest absolute Gasteiger partial charge is 0.493 e. The highest BCUT2D eigenvalue weighted by Crippen LogP contribution is 2.40. The molecule has 1 fully saturated rings. The summed E-state index contributed by atoms with van der Waals surface area (Å²) in [4.78, 5) is 19.8. The van der Waals surface area contributed by atoms with Crippen LogP contribution in [0.4, 0.5) is 4.39 Å². The van der Waals surface area contributed by atoms with Crippen LogP contribution >= 0.6 is 0 Å². The van der Waals surface area contributed by atoms with Crippen LogP contribution in [0.1, 0.15) is 66.1 Å². The molecule has 0 bridgehead atoms. The first kappa shape index (κ1) is 22.4. The third kappa shape index (κ3) is 5.08. The SMILES string of the molecule is O=C(CCCc1cnc[nH]1)c1cc([C@@H]2CCCC[C@H]2COc2ccc3c(c2)OCO3)ccc1F. The van der Waals surface area contributed by atoms with E-state index in [0.717, 1.165) is 54.9 Å². The van der Waals surface area contributed by atoms with Crippen LogP contribution in [0.5, 0.6) is 17.2 Å². The second-order valence-corrected chi connectivity index (χ2v) is 9.07. The van der Waals surface area contributed by atoms with E-state index in [-0.39, 0.29) is 24.1 Å². The predicted molar refractivity (Wildman–Crippen MR) is 125 cm³/mol. The molecule has 6 nitrogen and oxygen atoms in total. The first-order valence-corrected chi connectivity index (χ1v) is 12.0. The molecule has 2 heterocycles. The number of ketones is 1. The molecular formula is C27H29FN2O4. The number of aromatic nitrogens is 2. The van der Waals surface area contributed by atoms with Crippen molar-refractivity contribution < 1.29 is 23.4 Å². The zero-order chi connectivity index (χ0) is 23.3. The molecule has 0 unspecified atom stereocenters. The topological polar surface area (TPSA) is 73.4 Å². The number of rotatable bonds is 9. The summed E-state index contributed by atoms with van der Waals surface area (Å²) in [5, 5.41) is 0. The van der Waals surface area contributed by atoms with Crippen molar-refractivity contribution in [2.45, 2.75) is 50.9 Å². The number of benzene rings is 2. The summed E-state index contributed by atoms with van der Waals surface area (Å²) in [5.41, 5.74) is 2.20. The molecule has 0 radical (unpaired) electrons. The number of ether oxygens (including phenoxy) is 3. The Morgan fingerprint density at radius 3 is 2.88 bits per heavy atom.